The zero-order valence-corrected chi connectivity index (χ0v) is 10.8. The molecule has 0 unspecified atom stereocenters. The van der Waals surface area contributed by atoms with E-state index in [1.165, 1.54) is 0 Å². The quantitative estimate of drug-likeness (QED) is 0.492. The zero-order valence-electron chi connectivity index (χ0n) is 10.8. The molecule has 0 aliphatic heterocycles. The summed E-state index contributed by atoms with van der Waals surface area (Å²) in [5.74, 6) is 6.55. The number of aromatic nitrogens is 4. The Bertz CT molecular complexity index is 520. The Hall–Kier alpha value is -1.93. The SMILES string of the molecule is CN(C)CCN(C)c1nc(NN)nc2[nH]ncc12. The fourth-order valence-electron chi connectivity index (χ4n) is 1.63. The number of hydrazine groups is 1. The van der Waals surface area contributed by atoms with Gasteiger partial charge in [0.1, 0.15) is 5.82 Å². The summed E-state index contributed by atoms with van der Waals surface area (Å²) in [6.45, 7) is 1.79. The van der Waals surface area contributed by atoms with Crippen LogP contribution in [0.25, 0.3) is 11.0 Å². The minimum atomic E-state index is 0.374. The van der Waals surface area contributed by atoms with Crippen molar-refractivity contribution in [3.05, 3.63) is 6.20 Å². The Balaban J connectivity index is 2.32. The van der Waals surface area contributed by atoms with Crippen molar-refractivity contribution >= 4 is 22.8 Å². The number of nitrogen functional groups attached to an aromatic ring is 1. The van der Waals surface area contributed by atoms with E-state index < -0.39 is 0 Å². The van der Waals surface area contributed by atoms with Gasteiger partial charge in [-0.3, -0.25) is 10.5 Å². The highest BCUT2D eigenvalue weighted by Crippen LogP contribution is 2.22. The van der Waals surface area contributed by atoms with Gasteiger partial charge in [-0.15, -0.1) is 0 Å². The molecule has 0 fully saturated rings. The molecule has 0 aliphatic rings. The molecule has 8 heteroatoms. The third-order valence-corrected chi connectivity index (χ3v) is 2.66. The first-order valence-electron chi connectivity index (χ1n) is 5.65. The van der Waals surface area contributed by atoms with Gasteiger partial charge in [-0.05, 0) is 14.1 Å². The maximum absolute atomic E-state index is 5.36. The Morgan fingerprint density at radius 3 is 2.72 bits per heavy atom. The van der Waals surface area contributed by atoms with Crippen molar-refractivity contribution in [3.63, 3.8) is 0 Å². The Kier molecular flexibility index (Phi) is 3.58. The molecule has 0 radical (unpaired) electrons. The average Bonchev–Trinajstić information content (AvgIpc) is 2.82. The van der Waals surface area contributed by atoms with Gasteiger partial charge in [0.2, 0.25) is 5.95 Å². The van der Waals surface area contributed by atoms with Crippen LogP contribution in [-0.2, 0) is 0 Å². The summed E-state index contributed by atoms with van der Waals surface area (Å²) in [4.78, 5) is 12.7. The highest BCUT2D eigenvalue weighted by molar-refractivity contribution is 5.87. The second-order valence-corrected chi connectivity index (χ2v) is 4.37. The number of likely N-dealkylation sites (N-methyl/N-ethyl adjacent to an activating group) is 2. The van der Waals surface area contributed by atoms with Crippen molar-refractivity contribution in [2.75, 3.05) is 44.6 Å². The molecular formula is C10H18N8. The van der Waals surface area contributed by atoms with Crippen LogP contribution < -0.4 is 16.2 Å². The van der Waals surface area contributed by atoms with E-state index in [1.54, 1.807) is 6.20 Å². The number of anilines is 2. The number of rotatable bonds is 5. The number of nitrogens with one attached hydrogen (secondary N) is 2. The molecule has 2 aromatic heterocycles. The van der Waals surface area contributed by atoms with E-state index in [0.29, 0.717) is 11.6 Å². The molecule has 0 atom stereocenters. The highest BCUT2D eigenvalue weighted by atomic mass is 15.3. The topological polar surface area (TPSA) is 99.0 Å². The molecule has 2 heterocycles. The number of H-pyrrole nitrogens is 1. The number of nitrogens with zero attached hydrogens (tertiary/aromatic N) is 5. The standard InChI is InChI=1S/C10H18N8/c1-17(2)4-5-18(3)9-7-6-12-16-8(7)13-10(14-9)15-11/h6H,4-5,11H2,1-3H3,(H2,12,13,14,15,16). The van der Waals surface area contributed by atoms with Gasteiger partial charge in [-0.1, -0.05) is 0 Å². The molecule has 18 heavy (non-hydrogen) atoms. The third kappa shape index (κ3) is 2.49. The van der Waals surface area contributed by atoms with Gasteiger partial charge in [-0.25, -0.2) is 5.84 Å². The van der Waals surface area contributed by atoms with Gasteiger partial charge in [0, 0.05) is 20.1 Å². The fourth-order valence-corrected chi connectivity index (χ4v) is 1.63. The summed E-state index contributed by atoms with van der Waals surface area (Å²) in [5, 5.41) is 7.69. The third-order valence-electron chi connectivity index (χ3n) is 2.66. The molecule has 0 amide bonds. The van der Waals surface area contributed by atoms with E-state index in [-0.39, 0.29) is 0 Å². The highest BCUT2D eigenvalue weighted by Gasteiger charge is 2.12. The lowest BCUT2D eigenvalue weighted by Gasteiger charge is -2.21. The van der Waals surface area contributed by atoms with Crippen LogP contribution in [0.4, 0.5) is 11.8 Å². The number of aromatic amines is 1. The van der Waals surface area contributed by atoms with Gasteiger partial charge in [-0.2, -0.15) is 15.1 Å². The van der Waals surface area contributed by atoms with Crippen LogP contribution in [0.5, 0.6) is 0 Å². The van der Waals surface area contributed by atoms with E-state index in [1.807, 2.05) is 21.1 Å². The summed E-state index contributed by atoms with van der Waals surface area (Å²) in [6.07, 6.45) is 1.72. The van der Waals surface area contributed by atoms with Crippen LogP contribution in [0.3, 0.4) is 0 Å². The van der Waals surface area contributed by atoms with Crippen LogP contribution in [0, 0.1) is 0 Å². The van der Waals surface area contributed by atoms with Crippen molar-refractivity contribution in [2.45, 2.75) is 0 Å². The number of fused-ring (bicyclic) bond motifs is 1. The molecule has 0 spiro atoms. The van der Waals surface area contributed by atoms with Gasteiger partial charge in [0.05, 0.1) is 11.6 Å². The second-order valence-electron chi connectivity index (χ2n) is 4.37. The normalized spacial score (nSPS) is 11.2. The summed E-state index contributed by atoms with van der Waals surface area (Å²) < 4.78 is 0. The van der Waals surface area contributed by atoms with E-state index in [2.05, 4.69) is 35.4 Å². The maximum Gasteiger partial charge on any atom is 0.241 e. The van der Waals surface area contributed by atoms with Crippen LogP contribution in [0.1, 0.15) is 0 Å². The lowest BCUT2D eigenvalue weighted by molar-refractivity contribution is 0.416. The Morgan fingerprint density at radius 2 is 2.06 bits per heavy atom. The first-order chi connectivity index (χ1) is 8.61. The zero-order chi connectivity index (χ0) is 13.1. The molecule has 0 saturated carbocycles. The van der Waals surface area contributed by atoms with Crippen molar-refractivity contribution in [1.82, 2.24) is 25.1 Å². The van der Waals surface area contributed by atoms with Gasteiger partial charge >= 0.3 is 0 Å². The lowest BCUT2D eigenvalue weighted by atomic mass is 10.3. The molecular weight excluding hydrogens is 232 g/mol. The summed E-state index contributed by atoms with van der Waals surface area (Å²) >= 11 is 0. The Labute approximate surface area is 105 Å². The van der Waals surface area contributed by atoms with Crippen LogP contribution in [-0.4, -0.2) is 59.3 Å². The van der Waals surface area contributed by atoms with E-state index in [4.69, 9.17) is 5.84 Å². The van der Waals surface area contributed by atoms with E-state index in [9.17, 15) is 0 Å². The van der Waals surface area contributed by atoms with Gasteiger partial charge < -0.3 is 9.80 Å². The van der Waals surface area contributed by atoms with Gasteiger partial charge in [0.25, 0.3) is 0 Å². The predicted molar refractivity (Wildman–Crippen MR) is 71.3 cm³/mol. The van der Waals surface area contributed by atoms with Crippen LogP contribution >= 0.6 is 0 Å². The molecule has 0 aliphatic carbocycles. The van der Waals surface area contributed by atoms with Crippen molar-refractivity contribution in [1.29, 1.82) is 0 Å². The van der Waals surface area contributed by atoms with Crippen molar-refractivity contribution < 1.29 is 0 Å². The van der Waals surface area contributed by atoms with Gasteiger partial charge in [0.15, 0.2) is 5.65 Å². The minimum absolute atomic E-state index is 0.374. The Morgan fingerprint density at radius 1 is 1.28 bits per heavy atom. The van der Waals surface area contributed by atoms with E-state index in [0.717, 1.165) is 24.3 Å². The van der Waals surface area contributed by atoms with Crippen LogP contribution in [0.15, 0.2) is 6.20 Å². The molecule has 8 nitrogen and oxygen atoms in total. The van der Waals surface area contributed by atoms with E-state index >= 15 is 0 Å². The molecule has 4 N–H and O–H groups in total. The van der Waals surface area contributed by atoms with Crippen molar-refractivity contribution in [2.24, 2.45) is 5.84 Å². The largest absolute Gasteiger partial charge is 0.358 e. The number of hydrogen-bond donors (Lipinski definition) is 3. The molecule has 98 valence electrons. The second kappa shape index (κ2) is 5.15. The predicted octanol–water partition coefficient (Wildman–Crippen LogP) is -0.364. The summed E-state index contributed by atoms with van der Waals surface area (Å²) in [7, 11) is 6.06. The molecule has 0 saturated heterocycles. The molecule has 2 aromatic rings. The fraction of sp³-hybridized carbons (Fsp3) is 0.500. The van der Waals surface area contributed by atoms with Crippen molar-refractivity contribution in [3.8, 4) is 0 Å². The average molecular weight is 250 g/mol. The first-order valence-corrected chi connectivity index (χ1v) is 5.65. The maximum atomic E-state index is 5.36. The minimum Gasteiger partial charge on any atom is -0.358 e. The lowest BCUT2D eigenvalue weighted by Crippen LogP contribution is -2.29. The smallest absolute Gasteiger partial charge is 0.241 e. The summed E-state index contributed by atoms with van der Waals surface area (Å²) in [6, 6.07) is 0. The number of hydrogen-bond acceptors (Lipinski definition) is 7. The molecule has 0 bridgehead atoms. The monoisotopic (exact) mass is 250 g/mol. The first kappa shape index (κ1) is 12.5. The molecule has 0 aromatic carbocycles. The summed E-state index contributed by atoms with van der Waals surface area (Å²) in [5.41, 5.74) is 3.13. The molecule has 2 rings (SSSR count). The van der Waals surface area contributed by atoms with Crippen LogP contribution in [0.2, 0.25) is 0 Å². The number of nitrogens with two attached hydrogens (primary N) is 1.